The third-order valence-corrected chi connectivity index (χ3v) is 3.06. The van der Waals surface area contributed by atoms with Crippen LogP contribution in [0.25, 0.3) is 0 Å². The second-order valence-electron chi connectivity index (χ2n) is 3.23. The molecular weight excluding hydrogens is 204 g/mol. The van der Waals surface area contributed by atoms with Crippen molar-refractivity contribution in [2.75, 3.05) is 19.7 Å². The Morgan fingerprint density at radius 3 is 2.29 bits per heavy atom. The van der Waals surface area contributed by atoms with Crippen molar-refractivity contribution in [2.45, 2.75) is 32.6 Å². The molecule has 0 aliphatic carbocycles. The van der Waals surface area contributed by atoms with Gasteiger partial charge in [0.25, 0.3) is 10.2 Å². The highest BCUT2D eigenvalue weighted by Crippen LogP contribution is 2.03. The molecule has 3 N–H and O–H groups in total. The zero-order chi connectivity index (χ0) is 11.0. The summed E-state index contributed by atoms with van der Waals surface area (Å²) in [5.41, 5.74) is 0. The van der Waals surface area contributed by atoms with Crippen LogP contribution in [0, 0.1) is 0 Å². The van der Waals surface area contributed by atoms with Crippen LogP contribution in [0.15, 0.2) is 0 Å². The number of hydrogen-bond acceptors (Lipinski definition) is 3. The number of hydrogen-bond donors (Lipinski definition) is 2. The number of rotatable bonds is 8. The van der Waals surface area contributed by atoms with Gasteiger partial charge in [0.15, 0.2) is 0 Å². The lowest BCUT2D eigenvalue weighted by Gasteiger charge is -2.17. The number of unbranched alkanes of at least 4 members (excludes halogenated alkanes) is 3. The van der Waals surface area contributed by atoms with Gasteiger partial charge in [-0.15, -0.1) is 0 Å². The van der Waals surface area contributed by atoms with E-state index in [9.17, 15) is 8.42 Å². The predicted molar refractivity (Wildman–Crippen MR) is 55.9 cm³/mol. The smallest absolute Gasteiger partial charge is 0.276 e. The Kier molecular flexibility index (Phi) is 7.08. The van der Waals surface area contributed by atoms with Crippen LogP contribution in [0.5, 0.6) is 0 Å². The van der Waals surface area contributed by atoms with Crippen molar-refractivity contribution in [2.24, 2.45) is 5.14 Å². The fourth-order valence-corrected chi connectivity index (χ4v) is 1.91. The van der Waals surface area contributed by atoms with Crippen molar-refractivity contribution in [1.29, 1.82) is 0 Å². The van der Waals surface area contributed by atoms with Crippen LogP contribution in [0.2, 0.25) is 0 Å². The quantitative estimate of drug-likeness (QED) is 0.572. The van der Waals surface area contributed by atoms with Crippen molar-refractivity contribution in [1.82, 2.24) is 4.31 Å². The fourth-order valence-electron chi connectivity index (χ4n) is 1.19. The summed E-state index contributed by atoms with van der Waals surface area (Å²) in [7, 11) is -3.64. The third-order valence-electron chi connectivity index (χ3n) is 1.97. The zero-order valence-electron chi connectivity index (χ0n) is 8.65. The molecular formula is C8H20N2O3S. The Morgan fingerprint density at radius 1 is 1.21 bits per heavy atom. The first kappa shape index (κ1) is 13.8. The van der Waals surface area contributed by atoms with Crippen molar-refractivity contribution in [3.8, 4) is 0 Å². The van der Waals surface area contributed by atoms with Crippen molar-refractivity contribution < 1.29 is 13.5 Å². The highest BCUT2D eigenvalue weighted by atomic mass is 32.2. The largest absolute Gasteiger partial charge is 0.395 e. The molecule has 6 heteroatoms. The highest BCUT2D eigenvalue weighted by molar-refractivity contribution is 7.86. The lowest BCUT2D eigenvalue weighted by Crippen LogP contribution is -2.39. The molecule has 0 aromatic carbocycles. The molecule has 0 saturated carbocycles. The van der Waals surface area contributed by atoms with E-state index in [1.165, 1.54) is 0 Å². The average molecular weight is 224 g/mol. The summed E-state index contributed by atoms with van der Waals surface area (Å²) >= 11 is 0. The molecule has 0 radical (unpaired) electrons. The molecule has 0 fully saturated rings. The molecule has 0 saturated heterocycles. The van der Waals surface area contributed by atoms with Crippen molar-refractivity contribution >= 4 is 10.2 Å². The minimum absolute atomic E-state index is 0.0883. The summed E-state index contributed by atoms with van der Waals surface area (Å²) in [5, 5.41) is 13.6. The van der Waals surface area contributed by atoms with Gasteiger partial charge in [-0.2, -0.15) is 12.7 Å². The molecule has 0 aliphatic heterocycles. The molecule has 0 rings (SSSR count). The normalized spacial score (nSPS) is 12.3. The van der Waals surface area contributed by atoms with Gasteiger partial charge in [0.1, 0.15) is 0 Å². The zero-order valence-corrected chi connectivity index (χ0v) is 9.46. The first-order valence-electron chi connectivity index (χ1n) is 4.91. The number of aliphatic hydroxyl groups is 1. The van der Waals surface area contributed by atoms with E-state index < -0.39 is 10.2 Å². The Balaban J connectivity index is 3.87. The molecule has 0 atom stereocenters. The van der Waals surface area contributed by atoms with Crippen LogP contribution in [0.4, 0.5) is 0 Å². The molecule has 0 unspecified atom stereocenters. The van der Waals surface area contributed by atoms with Gasteiger partial charge in [0, 0.05) is 13.1 Å². The summed E-state index contributed by atoms with van der Waals surface area (Å²) < 4.78 is 23.1. The highest BCUT2D eigenvalue weighted by Gasteiger charge is 2.15. The summed E-state index contributed by atoms with van der Waals surface area (Å²) in [5.74, 6) is 0. The summed E-state index contributed by atoms with van der Waals surface area (Å²) in [4.78, 5) is 0. The van der Waals surface area contributed by atoms with Gasteiger partial charge in [-0.05, 0) is 6.42 Å². The summed E-state index contributed by atoms with van der Waals surface area (Å²) in [6.07, 6.45) is 3.99. The standard InChI is InChI=1S/C8H20N2O3S/c1-2-3-4-5-6-10(7-8-11)14(9,12)13/h11H,2-8H2,1H3,(H2,9,12,13). The molecule has 0 aromatic rings. The molecule has 0 spiro atoms. The topological polar surface area (TPSA) is 83.6 Å². The minimum Gasteiger partial charge on any atom is -0.395 e. The number of aliphatic hydroxyl groups excluding tert-OH is 1. The van der Waals surface area contributed by atoms with E-state index >= 15 is 0 Å². The van der Waals surface area contributed by atoms with Gasteiger partial charge in [-0.1, -0.05) is 26.2 Å². The number of nitrogens with zero attached hydrogens (tertiary/aromatic N) is 1. The molecule has 0 heterocycles. The summed E-state index contributed by atoms with van der Waals surface area (Å²) in [6, 6.07) is 0. The number of nitrogens with two attached hydrogens (primary N) is 1. The lowest BCUT2D eigenvalue weighted by molar-refractivity contribution is 0.252. The van der Waals surface area contributed by atoms with Gasteiger partial charge >= 0.3 is 0 Å². The Bertz CT molecular complexity index is 229. The molecule has 0 aliphatic rings. The first-order valence-corrected chi connectivity index (χ1v) is 6.41. The van der Waals surface area contributed by atoms with Gasteiger partial charge in [-0.3, -0.25) is 0 Å². The van der Waals surface area contributed by atoms with Crippen LogP contribution >= 0.6 is 0 Å². The van der Waals surface area contributed by atoms with E-state index in [2.05, 4.69) is 6.92 Å². The molecule has 0 aromatic heterocycles. The lowest BCUT2D eigenvalue weighted by atomic mass is 10.2. The van der Waals surface area contributed by atoms with Gasteiger partial charge < -0.3 is 5.11 Å². The average Bonchev–Trinajstić information content (AvgIpc) is 2.08. The van der Waals surface area contributed by atoms with Crippen molar-refractivity contribution in [3.05, 3.63) is 0 Å². The Hall–Kier alpha value is -0.170. The Labute approximate surface area is 86.1 Å². The predicted octanol–water partition coefficient (Wildman–Crippen LogP) is 0.0645. The molecule has 5 nitrogen and oxygen atoms in total. The molecule has 0 bridgehead atoms. The minimum atomic E-state index is -3.64. The third kappa shape index (κ3) is 6.31. The first-order chi connectivity index (χ1) is 6.52. The van der Waals surface area contributed by atoms with E-state index in [-0.39, 0.29) is 13.2 Å². The van der Waals surface area contributed by atoms with Crippen LogP contribution in [-0.4, -0.2) is 37.5 Å². The van der Waals surface area contributed by atoms with E-state index in [0.29, 0.717) is 6.54 Å². The molecule has 14 heavy (non-hydrogen) atoms. The van der Waals surface area contributed by atoms with Gasteiger partial charge in [-0.25, -0.2) is 5.14 Å². The Morgan fingerprint density at radius 2 is 1.86 bits per heavy atom. The second-order valence-corrected chi connectivity index (χ2v) is 4.77. The van der Waals surface area contributed by atoms with E-state index in [1.807, 2.05) is 0 Å². The molecule has 86 valence electrons. The van der Waals surface area contributed by atoms with Gasteiger partial charge in [0.2, 0.25) is 0 Å². The van der Waals surface area contributed by atoms with Crippen LogP contribution in [-0.2, 0) is 10.2 Å². The monoisotopic (exact) mass is 224 g/mol. The second kappa shape index (κ2) is 7.17. The SMILES string of the molecule is CCCCCCN(CCO)S(N)(=O)=O. The maximum absolute atomic E-state index is 11.0. The van der Waals surface area contributed by atoms with E-state index in [1.54, 1.807) is 0 Å². The summed E-state index contributed by atoms with van der Waals surface area (Å²) in [6.45, 7) is 2.39. The van der Waals surface area contributed by atoms with Crippen molar-refractivity contribution in [3.63, 3.8) is 0 Å². The maximum atomic E-state index is 11.0. The maximum Gasteiger partial charge on any atom is 0.276 e. The fraction of sp³-hybridized carbons (Fsp3) is 1.00. The van der Waals surface area contributed by atoms with Crippen LogP contribution < -0.4 is 5.14 Å². The van der Waals surface area contributed by atoms with E-state index in [4.69, 9.17) is 10.2 Å². The van der Waals surface area contributed by atoms with Crippen LogP contribution in [0.1, 0.15) is 32.6 Å². The van der Waals surface area contributed by atoms with E-state index in [0.717, 1.165) is 30.0 Å². The van der Waals surface area contributed by atoms with Gasteiger partial charge in [0.05, 0.1) is 6.61 Å². The molecule has 0 amide bonds. The van der Waals surface area contributed by atoms with Crippen LogP contribution in [0.3, 0.4) is 0 Å².